The van der Waals surface area contributed by atoms with Gasteiger partial charge in [0.1, 0.15) is 0 Å². The van der Waals surface area contributed by atoms with Crippen molar-refractivity contribution in [3.05, 3.63) is 0 Å². The van der Waals surface area contributed by atoms with Crippen molar-refractivity contribution in [3.8, 4) is 0 Å². The summed E-state index contributed by atoms with van der Waals surface area (Å²) in [6, 6.07) is 0. The third-order valence-electron chi connectivity index (χ3n) is 3.47. The van der Waals surface area contributed by atoms with Crippen LogP contribution in [0.15, 0.2) is 0 Å². The minimum absolute atomic E-state index is 0.556. The summed E-state index contributed by atoms with van der Waals surface area (Å²) in [6.07, 6.45) is 5.55. The highest BCUT2D eigenvalue weighted by atomic mass is 16.5. The first-order chi connectivity index (χ1) is 5.87. The van der Waals surface area contributed by atoms with Gasteiger partial charge in [-0.15, -0.1) is 0 Å². The minimum atomic E-state index is 0.556. The lowest BCUT2D eigenvalue weighted by molar-refractivity contribution is 0.0364. The number of rotatable bonds is 3. The van der Waals surface area contributed by atoms with Gasteiger partial charge in [0.15, 0.2) is 0 Å². The van der Waals surface area contributed by atoms with Gasteiger partial charge in [0, 0.05) is 7.11 Å². The molecule has 2 fully saturated rings. The number of piperidine rings is 1. The monoisotopic (exact) mass is 169 g/mol. The molecule has 2 aliphatic rings. The van der Waals surface area contributed by atoms with Gasteiger partial charge in [-0.25, -0.2) is 0 Å². The maximum Gasteiger partial charge on any atom is 0.0522 e. The molecule has 0 unspecified atom stereocenters. The second kappa shape index (κ2) is 3.35. The van der Waals surface area contributed by atoms with Crippen LogP contribution in [0.4, 0.5) is 0 Å². The van der Waals surface area contributed by atoms with E-state index >= 15 is 0 Å². The molecule has 1 N–H and O–H groups in total. The molecule has 1 aliphatic carbocycles. The van der Waals surface area contributed by atoms with Gasteiger partial charge >= 0.3 is 0 Å². The van der Waals surface area contributed by atoms with E-state index in [4.69, 9.17) is 4.74 Å². The van der Waals surface area contributed by atoms with Crippen LogP contribution in [0, 0.1) is 11.3 Å². The predicted molar refractivity (Wildman–Crippen MR) is 49.1 cm³/mol. The highest BCUT2D eigenvalue weighted by Crippen LogP contribution is 2.50. The zero-order valence-electron chi connectivity index (χ0n) is 7.94. The van der Waals surface area contributed by atoms with Gasteiger partial charge in [-0.05, 0) is 50.1 Å². The summed E-state index contributed by atoms with van der Waals surface area (Å²) in [5, 5.41) is 3.42. The molecule has 1 saturated heterocycles. The van der Waals surface area contributed by atoms with E-state index in [1.807, 2.05) is 7.11 Å². The molecule has 70 valence electrons. The molecule has 2 rings (SSSR count). The van der Waals surface area contributed by atoms with Crippen molar-refractivity contribution < 1.29 is 4.74 Å². The van der Waals surface area contributed by atoms with E-state index in [1.165, 1.54) is 38.8 Å². The Morgan fingerprint density at radius 1 is 1.33 bits per heavy atom. The normalized spacial score (nSPS) is 28.8. The molecule has 1 aliphatic heterocycles. The molecule has 2 nitrogen and oxygen atoms in total. The van der Waals surface area contributed by atoms with Gasteiger partial charge in [-0.1, -0.05) is 0 Å². The first kappa shape index (κ1) is 8.52. The zero-order chi connectivity index (χ0) is 8.44. The Morgan fingerprint density at radius 3 is 2.50 bits per heavy atom. The first-order valence-corrected chi connectivity index (χ1v) is 5.07. The largest absolute Gasteiger partial charge is 0.384 e. The number of nitrogens with one attached hydrogen (secondary N) is 1. The van der Waals surface area contributed by atoms with Crippen molar-refractivity contribution in [2.24, 2.45) is 11.3 Å². The van der Waals surface area contributed by atoms with Crippen LogP contribution >= 0.6 is 0 Å². The van der Waals surface area contributed by atoms with E-state index in [0.717, 1.165) is 12.5 Å². The molecule has 0 aromatic carbocycles. The molecule has 1 heterocycles. The topological polar surface area (TPSA) is 21.3 Å². The third-order valence-corrected chi connectivity index (χ3v) is 3.47. The standard InChI is InChI=1S/C10H19NO/c1-12-8-10(9-2-3-9)4-6-11-7-5-10/h9,11H,2-8H2,1H3. The van der Waals surface area contributed by atoms with Crippen LogP contribution in [0.5, 0.6) is 0 Å². The number of hydrogen-bond acceptors (Lipinski definition) is 2. The van der Waals surface area contributed by atoms with Crippen molar-refractivity contribution in [1.82, 2.24) is 5.32 Å². The zero-order valence-corrected chi connectivity index (χ0v) is 7.94. The van der Waals surface area contributed by atoms with Gasteiger partial charge in [-0.3, -0.25) is 0 Å². The van der Waals surface area contributed by atoms with Crippen LogP contribution in [-0.4, -0.2) is 26.8 Å². The van der Waals surface area contributed by atoms with E-state index in [9.17, 15) is 0 Å². The van der Waals surface area contributed by atoms with Crippen LogP contribution in [-0.2, 0) is 4.74 Å². The van der Waals surface area contributed by atoms with Crippen molar-refractivity contribution in [1.29, 1.82) is 0 Å². The molecular formula is C10H19NO. The molecular weight excluding hydrogens is 150 g/mol. The Bertz CT molecular complexity index is 142. The molecule has 1 saturated carbocycles. The molecule has 0 spiro atoms. The van der Waals surface area contributed by atoms with E-state index in [-0.39, 0.29) is 0 Å². The number of methoxy groups -OCH3 is 1. The van der Waals surface area contributed by atoms with Crippen LogP contribution in [0.2, 0.25) is 0 Å². The lowest BCUT2D eigenvalue weighted by atomic mass is 9.75. The Hall–Kier alpha value is -0.0800. The molecule has 2 heteroatoms. The maximum absolute atomic E-state index is 5.36. The highest BCUT2D eigenvalue weighted by molar-refractivity contribution is 4.96. The summed E-state index contributed by atoms with van der Waals surface area (Å²) in [5.41, 5.74) is 0.556. The molecule has 0 aromatic rings. The van der Waals surface area contributed by atoms with Crippen LogP contribution in [0.1, 0.15) is 25.7 Å². The Kier molecular flexibility index (Phi) is 2.37. The molecule has 0 bridgehead atoms. The van der Waals surface area contributed by atoms with Gasteiger partial charge < -0.3 is 10.1 Å². The summed E-state index contributed by atoms with van der Waals surface area (Å²) in [7, 11) is 1.84. The molecule has 0 radical (unpaired) electrons. The lowest BCUT2D eigenvalue weighted by Gasteiger charge is -2.37. The minimum Gasteiger partial charge on any atom is -0.384 e. The predicted octanol–water partition coefficient (Wildman–Crippen LogP) is 1.41. The number of hydrogen-bond donors (Lipinski definition) is 1. The average Bonchev–Trinajstić information content (AvgIpc) is 2.89. The second-order valence-corrected chi connectivity index (χ2v) is 4.32. The molecule has 0 amide bonds. The summed E-state index contributed by atoms with van der Waals surface area (Å²) in [6.45, 7) is 3.37. The SMILES string of the molecule is COCC1(C2CC2)CCNCC1. The van der Waals surface area contributed by atoms with Crippen molar-refractivity contribution in [2.45, 2.75) is 25.7 Å². The Morgan fingerprint density at radius 2 is 2.00 bits per heavy atom. The Balaban J connectivity index is 1.98. The second-order valence-electron chi connectivity index (χ2n) is 4.32. The number of ether oxygens (including phenoxy) is 1. The highest BCUT2D eigenvalue weighted by Gasteiger charge is 2.45. The summed E-state index contributed by atoms with van der Waals surface area (Å²) in [5.74, 6) is 0.986. The Labute approximate surface area is 74.7 Å². The van der Waals surface area contributed by atoms with Crippen molar-refractivity contribution >= 4 is 0 Å². The van der Waals surface area contributed by atoms with E-state index < -0.39 is 0 Å². The molecule has 0 aromatic heterocycles. The van der Waals surface area contributed by atoms with E-state index in [2.05, 4.69) is 5.32 Å². The molecule has 0 atom stereocenters. The molecule has 12 heavy (non-hydrogen) atoms. The smallest absolute Gasteiger partial charge is 0.0522 e. The van der Waals surface area contributed by atoms with E-state index in [1.54, 1.807) is 0 Å². The van der Waals surface area contributed by atoms with Crippen molar-refractivity contribution in [3.63, 3.8) is 0 Å². The van der Waals surface area contributed by atoms with Crippen LogP contribution in [0.25, 0.3) is 0 Å². The van der Waals surface area contributed by atoms with Gasteiger partial charge in [-0.2, -0.15) is 0 Å². The fraction of sp³-hybridized carbons (Fsp3) is 1.00. The summed E-state index contributed by atoms with van der Waals surface area (Å²) in [4.78, 5) is 0. The third kappa shape index (κ3) is 1.50. The van der Waals surface area contributed by atoms with Gasteiger partial charge in [0.25, 0.3) is 0 Å². The summed E-state index contributed by atoms with van der Waals surface area (Å²) >= 11 is 0. The fourth-order valence-corrected chi connectivity index (χ4v) is 2.58. The van der Waals surface area contributed by atoms with Crippen LogP contribution < -0.4 is 5.32 Å². The van der Waals surface area contributed by atoms with Crippen LogP contribution in [0.3, 0.4) is 0 Å². The average molecular weight is 169 g/mol. The van der Waals surface area contributed by atoms with E-state index in [0.29, 0.717) is 5.41 Å². The maximum atomic E-state index is 5.36. The van der Waals surface area contributed by atoms with Gasteiger partial charge in [0.2, 0.25) is 0 Å². The van der Waals surface area contributed by atoms with Gasteiger partial charge in [0.05, 0.1) is 6.61 Å². The lowest BCUT2D eigenvalue weighted by Crippen LogP contribution is -2.41. The quantitative estimate of drug-likeness (QED) is 0.689. The summed E-state index contributed by atoms with van der Waals surface area (Å²) < 4.78 is 5.36. The van der Waals surface area contributed by atoms with Crippen molar-refractivity contribution in [2.75, 3.05) is 26.8 Å². The first-order valence-electron chi connectivity index (χ1n) is 5.07. The fourth-order valence-electron chi connectivity index (χ4n) is 2.58.